The number of Topliss-reactive ketones (excluding diaryl/α,β-unsaturated/α-hetero) is 1. The highest BCUT2D eigenvalue weighted by molar-refractivity contribution is 5.94. The smallest absolute Gasteiger partial charge is 0.335 e. The highest BCUT2D eigenvalue weighted by Gasteiger charge is 2.33. The van der Waals surface area contributed by atoms with Crippen molar-refractivity contribution in [1.29, 1.82) is 0 Å². The third kappa shape index (κ3) is 4.21. The molecule has 1 saturated heterocycles. The highest BCUT2D eigenvalue weighted by Crippen LogP contribution is 2.34. The van der Waals surface area contributed by atoms with Crippen molar-refractivity contribution in [3.05, 3.63) is 82.8 Å². The van der Waals surface area contributed by atoms with E-state index in [4.69, 9.17) is 4.98 Å². The largest absolute Gasteiger partial charge is 0.368 e. The second kappa shape index (κ2) is 9.52. The molecule has 0 unspecified atom stereocenters. The Labute approximate surface area is 216 Å². The monoisotopic (exact) mass is 496 g/mol. The molecule has 2 fully saturated rings. The molecular weight excluding hydrogens is 464 g/mol. The minimum Gasteiger partial charge on any atom is -0.368 e. The Bertz CT molecular complexity index is 1480. The zero-order chi connectivity index (χ0) is 25.5. The summed E-state index contributed by atoms with van der Waals surface area (Å²) in [6.45, 7) is 4.99. The number of piperazine rings is 1. The number of aromatic nitrogens is 3. The van der Waals surface area contributed by atoms with Gasteiger partial charge in [0.15, 0.2) is 11.4 Å². The van der Waals surface area contributed by atoms with Gasteiger partial charge in [-0.3, -0.25) is 13.9 Å². The number of para-hydroxylation sites is 1. The molecule has 1 N–H and O–H groups in total. The predicted octanol–water partition coefficient (Wildman–Crippen LogP) is 3.64. The molecule has 8 heteroatoms. The molecule has 2 aromatic carbocycles. The molecule has 2 aliphatic rings. The van der Waals surface area contributed by atoms with E-state index in [0.29, 0.717) is 6.04 Å². The van der Waals surface area contributed by atoms with Crippen LogP contribution in [-0.4, -0.2) is 59.2 Å². The molecule has 1 aliphatic carbocycles. The van der Waals surface area contributed by atoms with Gasteiger partial charge < -0.3 is 15.1 Å². The minimum absolute atomic E-state index is 0.0239. The first-order chi connectivity index (χ1) is 18.0. The second-order valence-electron chi connectivity index (χ2n) is 10.0. The summed E-state index contributed by atoms with van der Waals surface area (Å²) in [6, 6.07) is 22.3. The lowest BCUT2D eigenvalue weighted by Gasteiger charge is -2.37. The number of nitrogens with zero attached hydrogens (tertiary/aromatic N) is 5. The van der Waals surface area contributed by atoms with Crippen LogP contribution in [0, 0.1) is 0 Å². The Hall–Kier alpha value is -3.91. The molecule has 1 saturated carbocycles. The lowest BCUT2D eigenvalue weighted by Crippen LogP contribution is -2.47. The van der Waals surface area contributed by atoms with Crippen molar-refractivity contribution in [2.45, 2.75) is 31.8 Å². The summed E-state index contributed by atoms with van der Waals surface area (Å²) in [5.74, 6) is 0.989. The van der Waals surface area contributed by atoms with Gasteiger partial charge in [-0.15, -0.1) is 0 Å². The first-order valence-electron chi connectivity index (χ1n) is 13.0. The fourth-order valence-corrected chi connectivity index (χ4v) is 5.55. The number of rotatable bonds is 6. The van der Waals surface area contributed by atoms with Gasteiger partial charge in [-0.05, 0) is 75.3 Å². The number of anilines is 2. The molecule has 8 nitrogen and oxygen atoms in total. The average Bonchev–Trinajstić information content (AvgIpc) is 3.19. The van der Waals surface area contributed by atoms with Gasteiger partial charge >= 0.3 is 5.69 Å². The van der Waals surface area contributed by atoms with E-state index in [1.165, 1.54) is 0 Å². The van der Waals surface area contributed by atoms with Gasteiger partial charge in [0.05, 0.1) is 11.2 Å². The summed E-state index contributed by atoms with van der Waals surface area (Å²) >= 11 is 0. The van der Waals surface area contributed by atoms with E-state index in [1.807, 2.05) is 78.3 Å². The van der Waals surface area contributed by atoms with Crippen LogP contribution < -0.4 is 20.8 Å². The summed E-state index contributed by atoms with van der Waals surface area (Å²) in [4.78, 5) is 35.0. The van der Waals surface area contributed by atoms with Crippen LogP contribution in [0.15, 0.2) is 71.5 Å². The molecular formula is C29H32N6O2. The quantitative estimate of drug-likeness (QED) is 0.411. The number of carbonyl (C=O) groups excluding carboxylic acids is 1. The summed E-state index contributed by atoms with van der Waals surface area (Å²) < 4.78 is 3.70. The Morgan fingerprint density at radius 3 is 2.19 bits per heavy atom. The molecule has 0 bridgehead atoms. The number of imidazole rings is 1. The number of pyridine rings is 1. The van der Waals surface area contributed by atoms with Crippen molar-refractivity contribution in [3.63, 3.8) is 0 Å². The number of hydrogen-bond donors (Lipinski definition) is 1. The lowest BCUT2D eigenvalue weighted by molar-refractivity contribution is 0.101. The molecule has 1 aliphatic heterocycles. The van der Waals surface area contributed by atoms with Gasteiger partial charge in [0.25, 0.3) is 0 Å². The Morgan fingerprint density at radius 1 is 0.865 bits per heavy atom. The molecule has 3 heterocycles. The van der Waals surface area contributed by atoms with Gasteiger partial charge in [0, 0.05) is 49.5 Å². The van der Waals surface area contributed by atoms with Crippen LogP contribution in [0.2, 0.25) is 0 Å². The predicted molar refractivity (Wildman–Crippen MR) is 147 cm³/mol. The zero-order valence-electron chi connectivity index (χ0n) is 21.3. The van der Waals surface area contributed by atoms with Gasteiger partial charge in [-0.1, -0.05) is 18.2 Å². The summed E-state index contributed by atoms with van der Waals surface area (Å²) in [5, 5.41) is 3.32. The van der Waals surface area contributed by atoms with E-state index >= 15 is 0 Å². The Morgan fingerprint density at radius 2 is 1.54 bits per heavy atom. The van der Waals surface area contributed by atoms with Gasteiger partial charge in [0.2, 0.25) is 0 Å². The fraction of sp³-hybridized carbons (Fsp3) is 0.345. The van der Waals surface area contributed by atoms with Crippen molar-refractivity contribution in [3.8, 4) is 5.69 Å². The average molecular weight is 497 g/mol. The van der Waals surface area contributed by atoms with E-state index in [1.54, 1.807) is 11.5 Å². The van der Waals surface area contributed by atoms with Crippen molar-refractivity contribution in [1.82, 2.24) is 19.4 Å². The summed E-state index contributed by atoms with van der Waals surface area (Å²) in [5.41, 5.74) is 4.31. The molecule has 2 aromatic heterocycles. The normalized spacial score (nSPS) is 19.7. The number of fused-ring (bicyclic) bond motifs is 1. The zero-order valence-corrected chi connectivity index (χ0v) is 21.3. The topological polar surface area (TPSA) is 75.4 Å². The van der Waals surface area contributed by atoms with Crippen LogP contribution in [-0.2, 0) is 0 Å². The maximum atomic E-state index is 13.7. The van der Waals surface area contributed by atoms with Crippen molar-refractivity contribution in [2.24, 2.45) is 0 Å². The van der Waals surface area contributed by atoms with E-state index < -0.39 is 0 Å². The van der Waals surface area contributed by atoms with E-state index in [-0.39, 0.29) is 17.5 Å². The minimum atomic E-state index is -0.0239. The Kier molecular flexibility index (Phi) is 6.04. The SMILES string of the molecule is CNC1CC(n2c(=O)n(-c3ccccc3)c3ccc(N4CCN(c5ccc(C(C)=O)cc5)CC4)nc32)C1. The van der Waals surface area contributed by atoms with Crippen LogP contribution in [0.25, 0.3) is 16.9 Å². The van der Waals surface area contributed by atoms with Gasteiger partial charge in [0.1, 0.15) is 5.82 Å². The van der Waals surface area contributed by atoms with Crippen molar-refractivity contribution >= 4 is 28.5 Å². The highest BCUT2D eigenvalue weighted by atomic mass is 16.2. The number of hydrogen-bond acceptors (Lipinski definition) is 6. The number of nitrogens with one attached hydrogen (secondary N) is 1. The molecule has 0 radical (unpaired) electrons. The van der Waals surface area contributed by atoms with Crippen LogP contribution >= 0.6 is 0 Å². The number of carbonyl (C=O) groups is 1. The third-order valence-electron chi connectivity index (χ3n) is 7.85. The van der Waals surface area contributed by atoms with Crippen molar-refractivity contribution < 1.29 is 4.79 Å². The van der Waals surface area contributed by atoms with Crippen LogP contribution in [0.3, 0.4) is 0 Å². The third-order valence-corrected chi connectivity index (χ3v) is 7.85. The van der Waals surface area contributed by atoms with E-state index in [9.17, 15) is 9.59 Å². The lowest BCUT2D eigenvalue weighted by atomic mass is 9.87. The maximum Gasteiger partial charge on any atom is 0.335 e. The molecule has 6 rings (SSSR count). The molecule has 4 aromatic rings. The van der Waals surface area contributed by atoms with Crippen LogP contribution in [0.1, 0.15) is 36.2 Å². The second-order valence-corrected chi connectivity index (χ2v) is 10.0. The molecule has 37 heavy (non-hydrogen) atoms. The summed E-state index contributed by atoms with van der Waals surface area (Å²) in [7, 11) is 1.98. The van der Waals surface area contributed by atoms with Gasteiger partial charge in [-0.25, -0.2) is 9.78 Å². The number of benzene rings is 2. The standard InChI is InChI=1S/C29H32N6O2/c1-20(36)21-8-10-23(11-9-21)32-14-16-33(17-15-32)27-13-12-26-28(31-27)35(25-18-22(19-25)30-2)29(37)34(26)24-6-4-3-5-7-24/h3-13,22,25,30H,14-19H2,1-2H3. The molecule has 0 atom stereocenters. The maximum absolute atomic E-state index is 13.7. The first-order valence-corrected chi connectivity index (χ1v) is 13.0. The van der Waals surface area contributed by atoms with Crippen molar-refractivity contribution in [2.75, 3.05) is 43.0 Å². The Balaban J connectivity index is 1.29. The van der Waals surface area contributed by atoms with E-state index in [2.05, 4.69) is 15.1 Å². The fourth-order valence-electron chi connectivity index (χ4n) is 5.55. The van der Waals surface area contributed by atoms with Crippen LogP contribution in [0.5, 0.6) is 0 Å². The first kappa shape index (κ1) is 23.5. The summed E-state index contributed by atoms with van der Waals surface area (Å²) in [6.07, 6.45) is 1.86. The van der Waals surface area contributed by atoms with E-state index in [0.717, 1.165) is 72.9 Å². The molecule has 0 amide bonds. The number of ketones is 1. The molecule has 0 spiro atoms. The van der Waals surface area contributed by atoms with Gasteiger partial charge in [-0.2, -0.15) is 0 Å². The molecule has 190 valence electrons. The van der Waals surface area contributed by atoms with Crippen LogP contribution in [0.4, 0.5) is 11.5 Å².